The summed E-state index contributed by atoms with van der Waals surface area (Å²) in [5.74, 6) is -1.76. The molecule has 0 aliphatic rings. The predicted octanol–water partition coefficient (Wildman–Crippen LogP) is 2.65. The molecule has 18 heavy (non-hydrogen) atoms. The van der Waals surface area contributed by atoms with Crippen molar-refractivity contribution < 1.29 is 19.8 Å². The third kappa shape index (κ3) is 19.9. The van der Waals surface area contributed by atoms with Gasteiger partial charge in [-0.05, 0) is 18.6 Å². The van der Waals surface area contributed by atoms with Gasteiger partial charge in [0.2, 0.25) is 0 Å². The number of halogens is 1. The first-order chi connectivity index (χ1) is 8.41. The number of alkyl halides is 1. The van der Waals surface area contributed by atoms with Gasteiger partial charge >= 0.3 is 5.97 Å². The van der Waals surface area contributed by atoms with Crippen molar-refractivity contribution in [2.24, 2.45) is 0 Å². The van der Waals surface area contributed by atoms with Crippen molar-refractivity contribution in [2.45, 2.75) is 32.1 Å². The second-order valence-electron chi connectivity index (χ2n) is 3.14. The number of pyridine rings is 1. The summed E-state index contributed by atoms with van der Waals surface area (Å²) in [6.45, 7) is 2.98. The Morgan fingerprint density at radius 3 is 1.78 bits per heavy atom. The number of aromatic nitrogens is 1. The summed E-state index contributed by atoms with van der Waals surface area (Å²) >= 11 is 5.32. The maximum absolute atomic E-state index is 9.96. The number of nitrogens with zero attached hydrogens (tertiary/aromatic N) is 1. The first kappa shape index (κ1) is 18.7. The van der Waals surface area contributed by atoms with Crippen LogP contribution < -0.4 is 0 Å². The highest BCUT2D eigenvalue weighted by Crippen LogP contribution is 2.03. The van der Waals surface area contributed by atoms with Gasteiger partial charge in [-0.1, -0.05) is 19.4 Å². The molecule has 2 N–H and O–H groups in total. The largest absolute Gasteiger partial charge is 0.481 e. The SMILES string of the molecule is CC(=O)O.CCCC(Cl)C(=O)O.c1ccncc1. The lowest BCUT2D eigenvalue weighted by atomic mass is 10.2. The van der Waals surface area contributed by atoms with Crippen LogP contribution in [0.5, 0.6) is 0 Å². The van der Waals surface area contributed by atoms with Gasteiger partial charge in [-0.25, -0.2) is 0 Å². The quantitative estimate of drug-likeness (QED) is 0.828. The van der Waals surface area contributed by atoms with Gasteiger partial charge in [0, 0.05) is 19.3 Å². The molecule has 0 saturated heterocycles. The number of aliphatic carboxylic acids is 2. The molecule has 0 spiro atoms. The van der Waals surface area contributed by atoms with E-state index in [2.05, 4.69) is 4.98 Å². The monoisotopic (exact) mass is 275 g/mol. The van der Waals surface area contributed by atoms with Crippen molar-refractivity contribution in [3.63, 3.8) is 0 Å². The summed E-state index contributed by atoms with van der Waals surface area (Å²) in [7, 11) is 0. The maximum atomic E-state index is 9.96. The lowest BCUT2D eigenvalue weighted by molar-refractivity contribution is -0.137. The molecular formula is C12H18ClNO4. The van der Waals surface area contributed by atoms with E-state index in [-0.39, 0.29) is 0 Å². The zero-order valence-electron chi connectivity index (χ0n) is 10.4. The molecule has 1 heterocycles. The second-order valence-corrected chi connectivity index (χ2v) is 3.66. The third-order valence-electron chi connectivity index (χ3n) is 1.38. The minimum atomic E-state index is -0.923. The molecule has 1 unspecified atom stereocenters. The molecule has 0 radical (unpaired) electrons. The van der Waals surface area contributed by atoms with Gasteiger partial charge in [0.15, 0.2) is 0 Å². The molecule has 1 aromatic rings. The number of carboxylic acid groups (broad SMARTS) is 2. The molecule has 1 aromatic heterocycles. The van der Waals surface area contributed by atoms with Crippen molar-refractivity contribution in [1.29, 1.82) is 0 Å². The number of hydrogen-bond acceptors (Lipinski definition) is 3. The first-order valence-electron chi connectivity index (χ1n) is 5.33. The lowest BCUT2D eigenvalue weighted by Gasteiger charge is -1.97. The average Bonchev–Trinajstić information content (AvgIpc) is 2.31. The van der Waals surface area contributed by atoms with Crippen LogP contribution in [0.25, 0.3) is 0 Å². The van der Waals surface area contributed by atoms with Gasteiger partial charge in [0.1, 0.15) is 5.38 Å². The Kier molecular flexibility index (Phi) is 14.0. The number of carboxylic acids is 2. The van der Waals surface area contributed by atoms with Gasteiger partial charge in [-0.2, -0.15) is 0 Å². The van der Waals surface area contributed by atoms with Crippen LogP contribution >= 0.6 is 11.6 Å². The van der Waals surface area contributed by atoms with E-state index in [1.54, 1.807) is 12.4 Å². The smallest absolute Gasteiger partial charge is 0.321 e. The molecular weight excluding hydrogens is 258 g/mol. The molecule has 0 bridgehead atoms. The summed E-state index contributed by atoms with van der Waals surface area (Å²) in [6, 6.07) is 5.72. The topological polar surface area (TPSA) is 87.5 Å². The summed E-state index contributed by atoms with van der Waals surface area (Å²) in [5, 5.41) is 14.9. The minimum absolute atomic E-state index is 0.552. The van der Waals surface area contributed by atoms with E-state index >= 15 is 0 Å². The van der Waals surface area contributed by atoms with Crippen LogP contribution in [0.1, 0.15) is 26.7 Å². The van der Waals surface area contributed by atoms with E-state index in [0.717, 1.165) is 13.3 Å². The number of rotatable bonds is 3. The highest BCUT2D eigenvalue weighted by molar-refractivity contribution is 6.29. The number of hydrogen-bond donors (Lipinski definition) is 2. The molecule has 0 aliphatic heterocycles. The summed E-state index contributed by atoms with van der Waals surface area (Å²) in [6.07, 6.45) is 4.87. The Morgan fingerprint density at radius 1 is 1.22 bits per heavy atom. The van der Waals surface area contributed by atoms with Crippen molar-refractivity contribution in [3.8, 4) is 0 Å². The molecule has 0 amide bonds. The molecule has 0 fully saturated rings. The van der Waals surface area contributed by atoms with E-state index in [1.807, 2.05) is 25.1 Å². The van der Waals surface area contributed by atoms with E-state index in [4.69, 9.17) is 26.6 Å². The van der Waals surface area contributed by atoms with Crippen LogP contribution in [0.15, 0.2) is 30.6 Å². The van der Waals surface area contributed by atoms with Crippen LogP contribution in [-0.4, -0.2) is 32.5 Å². The van der Waals surface area contributed by atoms with Crippen LogP contribution in [-0.2, 0) is 9.59 Å². The molecule has 0 aromatic carbocycles. The second kappa shape index (κ2) is 13.4. The zero-order chi connectivity index (χ0) is 14.4. The Morgan fingerprint density at radius 2 is 1.67 bits per heavy atom. The van der Waals surface area contributed by atoms with Gasteiger partial charge in [-0.15, -0.1) is 11.6 Å². The maximum Gasteiger partial charge on any atom is 0.321 e. The molecule has 6 heteroatoms. The standard InChI is InChI=1S/C5H9ClO2.C5H5N.C2H4O2/c1-2-3-4(6)5(7)8;1-2-4-6-5-3-1;1-2(3)4/h4H,2-3H2,1H3,(H,7,8);1-5H;1H3,(H,3,4). The van der Waals surface area contributed by atoms with Crippen molar-refractivity contribution >= 4 is 23.5 Å². The van der Waals surface area contributed by atoms with Crippen LogP contribution in [0.3, 0.4) is 0 Å². The van der Waals surface area contributed by atoms with E-state index < -0.39 is 17.3 Å². The van der Waals surface area contributed by atoms with Crippen LogP contribution in [0.2, 0.25) is 0 Å². The molecule has 1 atom stereocenters. The highest BCUT2D eigenvalue weighted by Gasteiger charge is 2.10. The Labute approximate surface area is 111 Å². The molecule has 1 rings (SSSR count). The number of carbonyl (C=O) groups is 2. The fourth-order valence-electron chi connectivity index (χ4n) is 0.690. The average molecular weight is 276 g/mol. The van der Waals surface area contributed by atoms with Crippen LogP contribution in [0, 0.1) is 0 Å². The molecule has 0 saturated carbocycles. The van der Waals surface area contributed by atoms with Crippen LogP contribution in [0.4, 0.5) is 0 Å². The lowest BCUT2D eigenvalue weighted by Crippen LogP contribution is -2.11. The van der Waals surface area contributed by atoms with Gasteiger partial charge < -0.3 is 10.2 Å². The molecule has 5 nitrogen and oxygen atoms in total. The first-order valence-corrected chi connectivity index (χ1v) is 5.76. The van der Waals surface area contributed by atoms with Crippen molar-refractivity contribution in [1.82, 2.24) is 4.98 Å². The Balaban J connectivity index is 0. The summed E-state index contributed by atoms with van der Waals surface area (Å²) < 4.78 is 0. The van der Waals surface area contributed by atoms with Crippen molar-refractivity contribution in [2.75, 3.05) is 0 Å². The normalized spacial score (nSPS) is 9.94. The Hall–Kier alpha value is -1.62. The molecule has 0 aliphatic carbocycles. The third-order valence-corrected chi connectivity index (χ3v) is 1.78. The summed E-state index contributed by atoms with van der Waals surface area (Å²) in [5.41, 5.74) is 0. The summed E-state index contributed by atoms with van der Waals surface area (Å²) in [4.78, 5) is 22.7. The fourth-order valence-corrected chi connectivity index (χ4v) is 0.908. The fraction of sp³-hybridized carbons (Fsp3) is 0.417. The van der Waals surface area contributed by atoms with Crippen molar-refractivity contribution in [3.05, 3.63) is 30.6 Å². The van der Waals surface area contributed by atoms with E-state index in [1.165, 1.54) is 0 Å². The zero-order valence-corrected chi connectivity index (χ0v) is 11.2. The predicted molar refractivity (Wildman–Crippen MR) is 69.7 cm³/mol. The highest BCUT2D eigenvalue weighted by atomic mass is 35.5. The van der Waals surface area contributed by atoms with Gasteiger partial charge in [0.05, 0.1) is 0 Å². The van der Waals surface area contributed by atoms with Gasteiger partial charge in [-0.3, -0.25) is 14.6 Å². The Bertz CT molecular complexity index is 288. The van der Waals surface area contributed by atoms with E-state index in [0.29, 0.717) is 6.42 Å². The minimum Gasteiger partial charge on any atom is -0.481 e. The van der Waals surface area contributed by atoms with E-state index in [9.17, 15) is 4.79 Å². The van der Waals surface area contributed by atoms with Gasteiger partial charge in [0.25, 0.3) is 5.97 Å². The molecule has 102 valence electrons.